The molecule has 2 aromatic heterocycles. The number of pyridine rings is 1. The number of benzene rings is 1. The van der Waals surface area contributed by atoms with Crippen molar-refractivity contribution in [3.8, 4) is 0 Å². The van der Waals surface area contributed by atoms with E-state index in [0.29, 0.717) is 0 Å². The molecule has 4 heteroatoms. The molecule has 0 aliphatic carbocycles. The van der Waals surface area contributed by atoms with Crippen LogP contribution in [0.1, 0.15) is 29.8 Å². The molecule has 0 fully saturated rings. The minimum absolute atomic E-state index is 0.187. The fourth-order valence-corrected chi connectivity index (χ4v) is 3.59. The molecule has 0 saturated heterocycles. The summed E-state index contributed by atoms with van der Waals surface area (Å²) in [5.74, 6) is 0. The summed E-state index contributed by atoms with van der Waals surface area (Å²) in [7, 11) is 0. The topological polar surface area (TPSA) is 24.9 Å². The van der Waals surface area contributed by atoms with Gasteiger partial charge >= 0.3 is 0 Å². The highest BCUT2D eigenvalue weighted by Gasteiger charge is 2.15. The quantitative estimate of drug-likeness (QED) is 0.713. The number of nitrogens with one attached hydrogen (secondary N) is 1. The largest absolute Gasteiger partial charge is 0.306 e. The van der Waals surface area contributed by atoms with Gasteiger partial charge in [-0.3, -0.25) is 4.98 Å². The normalized spacial score (nSPS) is 12.7. The first kappa shape index (κ1) is 14.5. The van der Waals surface area contributed by atoms with Gasteiger partial charge in [0.15, 0.2) is 0 Å². The lowest BCUT2D eigenvalue weighted by atomic mass is 10.0. The fraction of sp³-hybridized carbons (Fsp3) is 0.235. The second-order valence-electron chi connectivity index (χ2n) is 4.98. The van der Waals surface area contributed by atoms with Gasteiger partial charge in [-0.15, -0.1) is 11.3 Å². The van der Waals surface area contributed by atoms with Crippen molar-refractivity contribution in [3.05, 3.63) is 63.4 Å². The molecular weight excluding hydrogens is 300 g/mol. The van der Waals surface area contributed by atoms with Gasteiger partial charge in [0.2, 0.25) is 0 Å². The number of aromatic nitrogens is 1. The lowest BCUT2D eigenvalue weighted by Crippen LogP contribution is -2.22. The lowest BCUT2D eigenvalue weighted by molar-refractivity contribution is 0.606. The zero-order valence-corrected chi connectivity index (χ0v) is 13.4. The van der Waals surface area contributed by atoms with E-state index in [1.807, 2.05) is 18.3 Å². The van der Waals surface area contributed by atoms with Crippen LogP contribution in [0.25, 0.3) is 10.9 Å². The molecule has 0 radical (unpaired) electrons. The Morgan fingerprint density at radius 3 is 2.90 bits per heavy atom. The monoisotopic (exact) mass is 316 g/mol. The Bertz CT molecular complexity index is 738. The van der Waals surface area contributed by atoms with Gasteiger partial charge < -0.3 is 5.32 Å². The molecule has 2 nitrogen and oxygen atoms in total. The average Bonchev–Trinajstić information content (AvgIpc) is 2.94. The van der Waals surface area contributed by atoms with Crippen LogP contribution >= 0.6 is 22.9 Å². The average molecular weight is 317 g/mol. The Morgan fingerprint density at radius 2 is 2.14 bits per heavy atom. The Kier molecular flexibility index (Phi) is 4.54. The predicted octanol–water partition coefficient (Wildman–Crippen LogP) is 5.04. The maximum Gasteiger partial charge on any atom is 0.0931 e. The van der Waals surface area contributed by atoms with Gasteiger partial charge in [-0.05, 0) is 48.9 Å². The SMILES string of the molecule is CCCNC(c1ccc2ncccc2c1)c1ccc(Cl)s1. The minimum Gasteiger partial charge on any atom is -0.306 e. The molecule has 0 amide bonds. The Morgan fingerprint density at radius 1 is 1.24 bits per heavy atom. The lowest BCUT2D eigenvalue weighted by Gasteiger charge is -2.18. The van der Waals surface area contributed by atoms with Crippen LogP contribution in [0.4, 0.5) is 0 Å². The van der Waals surface area contributed by atoms with Crippen molar-refractivity contribution in [3.63, 3.8) is 0 Å². The van der Waals surface area contributed by atoms with E-state index in [1.165, 1.54) is 15.8 Å². The van der Waals surface area contributed by atoms with Crippen LogP contribution in [0.3, 0.4) is 0 Å². The summed E-state index contributed by atoms with van der Waals surface area (Å²) >= 11 is 7.74. The van der Waals surface area contributed by atoms with E-state index in [0.717, 1.165) is 22.8 Å². The van der Waals surface area contributed by atoms with Gasteiger partial charge in [-0.25, -0.2) is 0 Å². The van der Waals surface area contributed by atoms with Gasteiger partial charge in [0.05, 0.1) is 15.9 Å². The zero-order valence-electron chi connectivity index (χ0n) is 11.8. The van der Waals surface area contributed by atoms with E-state index in [2.05, 4.69) is 47.6 Å². The van der Waals surface area contributed by atoms with Gasteiger partial charge in [0.1, 0.15) is 0 Å². The number of hydrogen-bond donors (Lipinski definition) is 1. The van der Waals surface area contributed by atoms with Gasteiger partial charge in [-0.2, -0.15) is 0 Å². The van der Waals surface area contributed by atoms with Crippen LogP contribution < -0.4 is 5.32 Å². The second-order valence-corrected chi connectivity index (χ2v) is 6.73. The first-order chi connectivity index (χ1) is 10.3. The zero-order chi connectivity index (χ0) is 14.7. The molecule has 2 heterocycles. The third-order valence-corrected chi connectivity index (χ3v) is 4.73. The molecule has 21 heavy (non-hydrogen) atoms. The minimum atomic E-state index is 0.187. The van der Waals surface area contributed by atoms with Gasteiger partial charge in [0, 0.05) is 16.5 Å². The van der Waals surface area contributed by atoms with Crippen LogP contribution in [0.2, 0.25) is 4.34 Å². The highest BCUT2D eigenvalue weighted by Crippen LogP contribution is 2.32. The van der Waals surface area contributed by atoms with Crippen molar-refractivity contribution in [1.82, 2.24) is 10.3 Å². The number of fused-ring (bicyclic) bond motifs is 1. The molecule has 0 aliphatic heterocycles. The summed E-state index contributed by atoms with van der Waals surface area (Å²) in [5, 5.41) is 4.78. The number of hydrogen-bond acceptors (Lipinski definition) is 3. The molecule has 0 aliphatic rings. The van der Waals surface area contributed by atoms with Crippen molar-refractivity contribution < 1.29 is 0 Å². The Labute approximate surface area is 133 Å². The number of halogens is 1. The molecule has 1 atom stereocenters. The van der Waals surface area contributed by atoms with Gasteiger partial charge in [0.25, 0.3) is 0 Å². The summed E-state index contributed by atoms with van der Waals surface area (Å²) in [5.41, 5.74) is 2.28. The molecule has 0 saturated carbocycles. The van der Waals surface area contributed by atoms with Gasteiger partial charge in [-0.1, -0.05) is 30.7 Å². The smallest absolute Gasteiger partial charge is 0.0931 e. The molecule has 0 bridgehead atoms. The van der Waals surface area contributed by atoms with Crippen LogP contribution in [0.15, 0.2) is 48.7 Å². The van der Waals surface area contributed by atoms with E-state index < -0.39 is 0 Å². The van der Waals surface area contributed by atoms with Crippen molar-refractivity contribution in [2.75, 3.05) is 6.54 Å². The molecule has 1 aromatic carbocycles. The standard InChI is InChI=1S/C17H17ClN2S/c1-2-9-20-17(15-7-8-16(18)21-15)13-5-6-14-12(11-13)4-3-10-19-14/h3-8,10-11,17,20H,2,9H2,1H3. The van der Waals surface area contributed by atoms with Crippen molar-refractivity contribution in [2.45, 2.75) is 19.4 Å². The molecular formula is C17H17ClN2S. The molecule has 1 unspecified atom stereocenters. The fourth-order valence-electron chi connectivity index (χ4n) is 2.43. The summed E-state index contributed by atoms with van der Waals surface area (Å²) in [6.07, 6.45) is 2.93. The third kappa shape index (κ3) is 3.26. The first-order valence-electron chi connectivity index (χ1n) is 7.11. The van der Waals surface area contributed by atoms with Crippen molar-refractivity contribution >= 4 is 33.8 Å². The van der Waals surface area contributed by atoms with E-state index >= 15 is 0 Å². The maximum absolute atomic E-state index is 6.10. The third-order valence-electron chi connectivity index (χ3n) is 3.44. The van der Waals surface area contributed by atoms with Crippen molar-refractivity contribution in [2.24, 2.45) is 0 Å². The Hall–Kier alpha value is -1.42. The van der Waals surface area contributed by atoms with E-state index in [-0.39, 0.29) is 6.04 Å². The summed E-state index contributed by atoms with van der Waals surface area (Å²) in [6, 6.07) is 14.8. The highest BCUT2D eigenvalue weighted by atomic mass is 35.5. The summed E-state index contributed by atoms with van der Waals surface area (Å²) < 4.78 is 0.829. The number of rotatable bonds is 5. The van der Waals surface area contributed by atoms with E-state index in [9.17, 15) is 0 Å². The highest BCUT2D eigenvalue weighted by molar-refractivity contribution is 7.16. The number of thiophene rings is 1. The van der Waals surface area contributed by atoms with E-state index in [4.69, 9.17) is 11.6 Å². The Balaban J connectivity index is 2.00. The second kappa shape index (κ2) is 6.56. The molecule has 3 aromatic rings. The molecule has 108 valence electrons. The van der Waals surface area contributed by atoms with Crippen LogP contribution in [-0.4, -0.2) is 11.5 Å². The predicted molar refractivity (Wildman–Crippen MR) is 91.2 cm³/mol. The maximum atomic E-state index is 6.10. The summed E-state index contributed by atoms with van der Waals surface area (Å²) in [6.45, 7) is 3.15. The summed E-state index contributed by atoms with van der Waals surface area (Å²) in [4.78, 5) is 5.63. The molecule has 0 spiro atoms. The first-order valence-corrected chi connectivity index (χ1v) is 8.30. The number of nitrogens with zero attached hydrogens (tertiary/aromatic N) is 1. The van der Waals surface area contributed by atoms with Crippen LogP contribution in [0.5, 0.6) is 0 Å². The van der Waals surface area contributed by atoms with E-state index in [1.54, 1.807) is 11.3 Å². The van der Waals surface area contributed by atoms with Crippen LogP contribution in [0, 0.1) is 0 Å². The molecule has 1 N–H and O–H groups in total. The molecule has 3 rings (SSSR count). The van der Waals surface area contributed by atoms with Crippen molar-refractivity contribution in [1.29, 1.82) is 0 Å². The van der Waals surface area contributed by atoms with Crippen LogP contribution in [-0.2, 0) is 0 Å².